The van der Waals surface area contributed by atoms with E-state index >= 15 is 0 Å². The lowest BCUT2D eigenvalue weighted by Crippen LogP contribution is -2.18. The summed E-state index contributed by atoms with van der Waals surface area (Å²) in [6, 6.07) is 15.3. The number of nitrogens with one attached hydrogen (secondary N) is 1. The van der Waals surface area contributed by atoms with E-state index in [1.165, 1.54) is 16.7 Å². The zero-order valence-electron chi connectivity index (χ0n) is 12.7. The molecular weight excluding hydrogens is 346 g/mol. The molecule has 0 saturated carbocycles. The van der Waals surface area contributed by atoms with Crippen LogP contribution in [-0.4, -0.2) is 7.05 Å². The van der Waals surface area contributed by atoms with E-state index in [-0.39, 0.29) is 6.04 Å². The first-order chi connectivity index (χ1) is 10.0. The second kappa shape index (κ2) is 7.44. The Hall–Kier alpha value is -0.830. The molecule has 1 N–H and O–H groups in total. The van der Waals surface area contributed by atoms with Crippen LogP contribution < -0.4 is 5.32 Å². The van der Waals surface area contributed by atoms with E-state index in [0.29, 0.717) is 5.92 Å². The Kier molecular flexibility index (Phi) is 5.86. The molecule has 1 atom stereocenters. The molecule has 2 aromatic rings. The highest BCUT2D eigenvalue weighted by Crippen LogP contribution is 2.27. The Morgan fingerprint density at radius 2 is 1.67 bits per heavy atom. The molecule has 0 amide bonds. The fourth-order valence-corrected chi connectivity index (χ4v) is 2.90. The second-order valence-corrected chi connectivity index (χ2v) is 6.88. The van der Waals surface area contributed by atoms with E-state index in [1.807, 2.05) is 13.1 Å². The fourth-order valence-electron chi connectivity index (χ4n) is 2.39. The molecule has 0 fully saturated rings. The smallest absolute Gasteiger partial charge is 0.0548 e. The van der Waals surface area contributed by atoms with E-state index in [4.69, 9.17) is 11.6 Å². The van der Waals surface area contributed by atoms with Crippen LogP contribution >= 0.6 is 27.5 Å². The maximum absolute atomic E-state index is 6.07. The predicted octanol–water partition coefficient (Wildman–Crippen LogP) is 5.73. The number of rotatable bonds is 5. The maximum atomic E-state index is 6.07. The SMILES string of the molecule is CNC(Cc1ccc(C(C)C)cc1)c1ccc(Cl)c(Br)c1. The van der Waals surface area contributed by atoms with Gasteiger partial charge in [0.15, 0.2) is 0 Å². The minimum Gasteiger partial charge on any atom is -0.313 e. The number of hydrogen-bond donors (Lipinski definition) is 1. The van der Waals surface area contributed by atoms with E-state index in [2.05, 4.69) is 71.5 Å². The van der Waals surface area contributed by atoms with Crippen LogP contribution in [0.25, 0.3) is 0 Å². The van der Waals surface area contributed by atoms with Gasteiger partial charge in [-0.2, -0.15) is 0 Å². The van der Waals surface area contributed by atoms with Crippen molar-refractivity contribution in [3.8, 4) is 0 Å². The van der Waals surface area contributed by atoms with Crippen LogP contribution in [0, 0.1) is 0 Å². The van der Waals surface area contributed by atoms with Gasteiger partial charge in [0.2, 0.25) is 0 Å². The number of hydrogen-bond acceptors (Lipinski definition) is 1. The first-order valence-corrected chi connectivity index (χ1v) is 8.39. The molecule has 0 saturated heterocycles. The highest BCUT2D eigenvalue weighted by molar-refractivity contribution is 9.10. The van der Waals surface area contributed by atoms with Gasteiger partial charge in [0.1, 0.15) is 0 Å². The summed E-state index contributed by atoms with van der Waals surface area (Å²) >= 11 is 9.56. The highest BCUT2D eigenvalue weighted by atomic mass is 79.9. The van der Waals surface area contributed by atoms with Gasteiger partial charge in [-0.05, 0) is 64.1 Å². The van der Waals surface area contributed by atoms with Gasteiger partial charge < -0.3 is 5.32 Å². The maximum Gasteiger partial charge on any atom is 0.0548 e. The van der Waals surface area contributed by atoms with Gasteiger partial charge in [0.05, 0.1) is 5.02 Å². The van der Waals surface area contributed by atoms with Crippen molar-refractivity contribution >= 4 is 27.5 Å². The monoisotopic (exact) mass is 365 g/mol. The first kappa shape index (κ1) is 16.5. The third-order valence-corrected chi connectivity index (χ3v) is 4.99. The van der Waals surface area contributed by atoms with Crippen LogP contribution in [0.15, 0.2) is 46.9 Å². The van der Waals surface area contributed by atoms with Gasteiger partial charge >= 0.3 is 0 Å². The summed E-state index contributed by atoms with van der Waals surface area (Å²) in [5, 5.41) is 4.13. The van der Waals surface area contributed by atoms with Gasteiger partial charge in [-0.3, -0.25) is 0 Å². The lowest BCUT2D eigenvalue weighted by atomic mass is 9.96. The zero-order chi connectivity index (χ0) is 15.4. The molecule has 1 unspecified atom stereocenters. The van der Waals surface area contributed by atoms with Crippen molar-refractivity contribution in [3.63, 3.8) is 0 Å². The number of benzene rings is 2. The molecule has 0 aliphatic rings. The van der Waals surface area contributed by atoms with Gasteiger partial charge in [0.25, 0.3) is 0 Å². The number of halogens is 2. The van der Waals surface area contributed by atoms with Crippen LogP contribution in [0.4, 0.5) is 0 Å². The van der Waals surface area contributed by atoms with E-state index in [9.17, 15) is 0 Å². The molecule has 0 aliphatic carbocycles. The molecule has 2 aromatic carbocycles. The summed E-state index contributed by atoms with van der Waals surface area (Å²) in [5.74, 6) is 0.575. The summed E-state index contributed by atoms with van der Waals surface area (Å²) in [7, 11) is 2.00. The Morgan fingerprint density at radius 1 is 1.05 bits per heavy atom. The molecule has 21 heavy (non-hydrogen) atoms. The summed E-state index contributed by atoms with van der Waals surface area (Å²) < 4.78 is 0.942. The van der Waals surface area contributed by atoms with Crippen molar-refractivity contribution < 1.29 is 0 Å². The molecule has 0 heterocycles. The van der Waals surface area contributed by atoms with Crippen LogP contribution in [-0.2, 0) is 6.42 Å². The molecule has 2 rings (SSSR count). The Balaban J connectivity index is 2.16. The average molecular weight is 367 g/mol. The van der Waals surface area contributed by atoms with Crippen LogP contribution in [0.3, 0.4) is 0 Å². The van der Waals surface area contributed by atoms with Gasteiger partial charge in [-0.1, -0.05) is 55.8 Å². The Labute approximate surface area is 140 Å². The van der Waals surface area contributed by atoms with Crippen molar-refractivity contribution in [1.29, 1.82) is 0 Å². The zero-order valence-corrected chi connectivity index (χ0v) is 15.0. The Morgan fingerprint density at radius 3 is 2.19 bits per heavy atom. The lowest BCUT2D eigenvalue weighted by molar-refractivity contribution is 0.591. The lowest BCUT2D eigenvalue weighted by Gasteiger charge is -2.18. The molecule has 0 radical (unpaired) electrons. The van der Waals surface area contributed by atoms with Crippen molar-refractivity contribution in [3.05, 3.63) is 68.7 Å². The van der Waals surface area contributed by atoms with Crippen molar-refractivity contribution in [2.45, 2.75) is 32.2 Å². The molecule has 0 aliphatic heterocycles. The largest absolute Gasteiger partial charge is 0.313 e. The molecule has 0 spiro atoms. The van der Waals surface area contributed by atoms with Gasteiger partial charge in [-0.25, -0.2) is 0 Å². The summed E-state index contributed by atoms with van der Waals surface area (Å²) in [4.78, 5) is 0. The van der Waals surface area contributed by atoms with Crippen molar-refractivity contribution in [2.75, 3.05) is 7.05 Å². The average Bonchev–Trinajstić information content (AvgIpc) is 2.48. The second-order valence-electron chi connectivity index (χ2n) is 5.62. The van der Waals surface area contributed by atoms with Crippen LogP contribution in [0.5, 0.6) is 0 Å². The quantitative estimate of drug-likeness (QED) is 0.712. The van der Waals surface area contributed by atoms with Crippen LogP contribution in [0.1, 0.15) is 42.5 Å². The normalized spacial score (nSPS) is 12.7. The van der Waals surface area contributed by atoms with Crippen molar-refractivity contribution in [2.24, 2.45) is 0 Å². The van der Waals surface area contributed by atoms with Crippen LogP contribution in [0.2, 0.25) is 5.02 Å². The van der Waals surface area contributed by atoms with E-state index in [1.54, 1.807) is 0 Å². The van der Waals surface area contributed by atoms with Gasteiger partial charge in [-0.15, -0.1) is 0 Å². The third-order valence-electron chi connectivity index (χ3n) is 3.78. The highest BCUT2D eigenvalue weighted by Gasteiger charge is 2.12. The number of likely N-dealkylation sites (N-methyl/N-ethyl adjacent to an activating group) is 1. The molecule has 112 valence electrons. The molecular formula is C18H21BrClN. The molecule has 0 aromatic heterocycles. The standard InChI is InChI=1S/C18H21BrClN/c1-12(2)14-6-4-13(5-7-14)10-18(21-3)15-8-9-17(20)16(19)11-15/h4-9,11-12,18,21H,10H2,1-3H3. The summed E-state index contributed by atoms with van der Waals surface area (Å²) in [6.45, 7) is 4.44. The Bertz CT molecular complexity index is 593. The topological polar surface area (TPSA) is 12.0 Å². The summed E-state index contributed by atoms with van der Waals surface area (Å²) in [5.41, 5.74) is 3.96. The first-order valence-electron chi connectivity index (χ1n) is 7.22. The minimum absolute atomic E-state index is 0.281. The molecule has 0 bridgehead atoms. The van der Waals surface area contributed by atoms with Crippen molar-refractivity contribution in [1.82, 2.24) is 5.32 Å². The summed E-state index contributed by atoms with van der Waals surface area (Å²) in [6.07, 6.45) is 0.961. The van der Waals surface area contributed by atoms with E-state index < -0.39 is 0 Å². The minimum atomic E-state index is 0.281. The van der Waals surface area contributed by atoms with E-state index in [0.717, 1.165) is 15.9 Å². The fraction of sp³-hybridized carbons (Fsp3) is 0.333. The van der Waals surface area contributed by atoms with Gasteiger partial charge in [0, 0.05) is 10.5 Å². The molecule has 1 nitrogen and oxygen atoms in total. The third kappa shape index (κ3) is 4.32. The predicted molar refractivity (Wildman–Crippen MR) is 95.2 cm³/mol. The molecule has 3 heteroatoms.